The second kappa shape index (κ2) is 6.11. The summed E-state index contributed by atoms with van der Waals surface area (Å²) in [5, 5.41) is 13.5. The van der Waals surface area contributed by atoms with Crippen LogP contribution in [-0.4, -0.2) is 24.0 Å². The van der Waals surface area contributed by atoms with Gasteiger partial charge in [-0.2, -0.15) is 0 Å². The molecule has 0 amide bonds. The van der Waals surface area contributed by atoms with Gasteiger partial charge in [0.25, 0.3) is 0 Å². The number of ether oxygens (including phenoxy) is 2. The van der Waals surface area contributed by atoms with Crippen molar-refractivity contribution in [2.45, 2.75) is 38.8 Å². The second-order valence-electron chi connectivity index (χ2n) is 4.83. The van der Waals surface area contributed by atoms with Crippen LogP contribution in [0.1, 0.15) is 32.3 Å². The third kappa shape index (κ3) is 3.41. The molecule has 1 aromatic carbocycles. The predicted molar refractivity (Wildman–Crippen MR) is 77.5 cm³/mol. The predicted octanol–water partition coefficient (Wildman–Crippen LogP) is 2.82. The Bertz CT molecular complexity index is 447. The van der Waals surface area contributed by atoms with Gasteiger partial charge in [-0.15, -0.1) is 0 Å². The van der Waals surface area contributed by atoms with Crippen molar-refractivity contribution in [3.63, 3.8) is 0 Å². The molecule has 0 saturated heterocycles. The SMILES string of the molecule is CCC(O)(CC)CNCc1cc2c(cc1Br)OCO2. The van der Waals surface area contributed by atoms with Crippen LogP contribution in [0.2, 0.25) is 0 Å². The number of aliphatic hydroxyl groups is 1. The summed E-state index contributed by atoms with van der Waals surface area (Å²) in [6.45, 7) is 5.55. The van der Waals surface area contributed by atoms with Crippen LogP contribution in [0.25, 0.3) is 0 Å². The van der Waals surface area contributed by atoms with Gasteiger partial charge in [0, 0.05) is 17.6 Å². The van der Waals surface area contributed by atoms with Crippen LogP contribution in [0.3, 0.4) is 0 Å². The fourth-order valence-corrected chi connectivity index (χ4v) is 2.49. The van der Waals surface area contributed by atoms with Crippen molar-refractivity contribution >= 4 is 15.9 Å². The lowest BCUT2D eigenvalue weighted by Gasteiger charge is -2.25. The molecule has 5 heteroatoms. The summed E-state index contributed by atoms with van der Waals surface area (Å²) >= 11 is 3.53. The Hall–Kier alpha value is -0.780. The van der Waals surface area contributed by atoms with E-state index in [1.54, 1.807) is 0 Å². The van der Waals surface area contributed by atoms with Crippen LogP contribution in [0.4, 0.5) is 0 Å². The Morgan fingerprint density at radius 1 is 1.26 bits per heavy atom. The summed E-state index contributed by atoms with van der Waals surface area (Å²) in [5.74, 6) is 1.55. The zero-order valence-electron chi connectivity index (χ0n) is 11.3. The van der Waals surface area contributed by atoms with Crippen LogP contribution in [0.15, 0.2) is 16.6 Å². The van der Waals surface area contributed by atoms with Gasteiger partial charge in [0.1, 0.15) is 0 Å². The maximum atomic E-state index is 10.2. The second-order valence-corrected chi connectivity index (χ2v) is 5.69. The van der Waals surface area contributed by atoms with Crippen LogP contribution in [-0.2, 0) is 6.54 Å². The van der Waals surface area contributed by atoms with Crippen LogP contribution >= 0.6 is 15.9 Å². The first kappa shape index (κ1) is 14.6. The third-order valence-corrected chi connectivity index (χ3v) is 4.37. The van der Waals surface area contributed by atoms with Gasteiger partial charge in [-0.25, -0.2) is 0 Å². The minimum Gasteiger partial charge on any atom is -0.454 e. The molecule has 0 fully saturated rings. The number of benzene rings is 1. The molecule has 0 atom stereocenters. The van der Waals surface area contributed by atoms with Crippen molar-refractivity contribution in [2.75, 3.05) is 13.3 Å². The summed E-state index contributed by atoms with van der Waals surface area (Å²) in [7, 11) is 0. The summed E-state index contributed by atoms with van der Waals surface area (Å²) < 4.78 is 11.7. The van der Waals surface area contributed by atoms with E-state index in [4.69, 9.17) is 9.47 Å². The minimum atomic E-state index is -0.622. The summed E-state index contributed by atoms with van der Waals surface area (Å²) in [5.41, 5.74) is 0.474. The first-order chi connectivity index (χ1) is 9.08. The van der Waals surface area contributed by atoms with Crippen molar-refractivity contribution in [3.8, 4) is 11.5 Å². The molecular formula is C14H20BrNO3. The van der Waals surface area contributed by atoms with E-state index in [9.17, 15) is 5.11 Å². The quantitative estimate of drug-likeness (QED) is 0.842. The Morgan fingerprint density at radius 3 is 2.53 bits per heavy atom. The molecular weight excluding hydrogens is 310 g/mol. The number of nitrogens with one attached hydrogen (secondary N) is 1. The average Bonchev–Trinajstić information content (AvgIpc) is 2.85. The first-order valence-corrected chi connectivity index (χ1v) is 7.38. The van der Waals surface area contributed by atoms with E-state index in [1.807, 2.05) is 26.0 Å². The summed E-state index contributed by atoms with van der Waals surface area (Å²) in [6.07, 6.45) is 1.50. The lowest BCUT2D eigenvalue weighted by atomic mass is 9.97. The maximum Gasteiger partial charge on any atom is 0.231 e. The van der Waals surface area contributed by atoms with Gasteiger partial charge in [0.2, 0.25) is 6.79 Å². The van der Waals surface area contributed by atoms with Gasteiger partial charge >= 0.3 is 0 Å². The molecule has 1 heterocycles. The number of hydrogen-bond acceptors (Lipinski definition) is 4. The Morgan fingerprint density at radius 2 is 1.89 bits per heavy atom. The smallest absolute Gasteiger partial charge is 0.231 e. The lowest BCUT2D eigenvalue weighted by Crippen LogP contribution is -2.39. The molecule has 1 aliphatic heterocycles. The maximum absolute atomic E-state index is 10.2. The largest absolute Gasteiger partial charge is 0.454 e. The minimum absolute atomic E-state index is 0.282. The topological polar surface area (TPSA) is 50.7 Å². The Balaban J connectivity index is 1.97. The highest BCUT2D eigenvalue weighted by atomic mass is 79.9. The highest BCUT2D eigenvalue weighted by molar-refractivity contribution is 9.10. The van der Waals surface area contributed by atoms with Gasteiger partial charge in [0.15, 0.2) is 11.5 Å². The fourth-order valence-electron chi connectivity index (χ4n) is 2.02. The Labute approximate surface area is 122 Å². The highest BCUT2D eigenvalue weighted by Crippen LogP contribution is 2.36. The van der Waals surface area contributed by atoms with Gasteiger partial charge < -0.3 is 19.9 Å². The summed E-state index contributed by atoms with van der Waals surface area (Å²) in [4.78, 5) is 0. The number of halogens is 1. The van der Waals surface area contributed by atoms with E-state index >= 15 is 0 Å². The van der Waals surface area contributed by atoms with Crippen molar-refractivity contribution in [3.05, 3.63) is 22.2 Å². The normalized spacial score (nSPS) is 13.9. The number of hydrogen-bond donors (Lipinski definition) is 2. The fraction of sp³-hybridized carbons (Fsp3) is 0.571. The molecule has 0 aromatic heterocycles. The van der Waals surface area contributed by atoms with E-state index in [1.165, 1.54) is 0 Å². The van der Waals surface area contributed by atoms with Gasteiger partial charge in [-0.05, 0) is 30.5 Å². The molecule has 0 spiro atoms. The van der Waals surface area contributed by atoms with Gasteiger partial charge in [-0.3, -0.25) is 0 Å². The molecule has 0 bridgehead atoms. The molecule has 4 nitrogen and oxygen atoms in total. The number of rotatable bonds is 6. The molecule has 0 unspecified atom stereocenters. The molecule has 2 rings (SSSR count). The highest BCUT2D eigenvalue weighted by Gasteiger charge is 2.22. The first-order valence-electron chi connectivity index (χ1n) is 6.59. The standard InChI is InChI=1S/C14H20BrNO3/c1-3-14(17,4-2)8-16-7-10-5-12-13(6-11(10)15)19-9-18-12/h5-6,16-17H,3-4,7-9H2,1-2H3. The molecule has 0 saturated carbocycles. The van der Waals surface area contributed by atoms with Crippen LogP contribution in [0, 0.1) is 0 Å². The van der Waals surface area contributed by atoms with Crippen LogP contribution in [0.5, 0.6) is 11.5 Å². The van der Waals surface area contributed by atoms with E-state index in [0.29, 0.717) is 13.1 Å². The van der Waals surface area contributed by atoms with E-state index in [0.717, 1.165) is 34.4 Å². The Kier molecular flexibility index (Phi) is 4.71. The molecule has 1 aliphatic rings. The lowest BCUT2D eigenvalue weighted by molar-refractivity contribution is 0.0323. The van der Waals surface area contributed by atoms with Crippen molar-refractivity contribution in [2.24, 2.45) is 0 Å². The average molecular weight is 330 g/mol. The van der Waals surface area contributed by atoms with E-state index < -0.39 is 5.60 Å². The van der Waals surface area contributed by atoms with E-state index in [-0.39, 0.29) is 6.79 Å². The molecule has 2 N–H and O–H groups in total. The molecule has 1 aromatic rings. The van der Waals surface area contributed by atoms with Crippen molar-refractivity contribution in [1.29, 1.82) is 0 Å². The van der Waals surface area contributed by atoms with Crippen LogP contribution < -0.4 is 14.8 Å². The van der Waals surface area contributed by atoms with Gasteiger partial charge in [-0.1, -0.05) is 29.8 Å². The molecule has 0 radical (unpaired) electrons. The summed E-state index contributed by atoms with van der Waals surface area (Å²) in [6, 6.07) is 3.89. The molecule has 0 aliphatic carbocycles. The molecule has 19 heavy (non-hydrogen) atoms. The number of fused-ring (bicyclic) bond motifs is 1. The van der Waals surface area contributed by atoms with Crippen molar-refractivity contribution < 1.29 is 14.6 Å². The third-order valence-electron chi connectivity index (χ3n) is 3.63. The zero-order chi connectivity index (χ0) is 13.9. The van der Waals surface area contributed by atoms with Gasteiger partial charge in [0.05, 0.1) is 5.60 Å². The van der Waals surface area contributed by atoms with E-state index in [2.05, 4.69) is 21.2 Å². The zero-order valence-corrected chi connectivity index (χ0v) is 12.9. The monoisotopic (exact) mass is 329 g/mol. The molecule has 106 valence electrons. The van der Waals surface area contributed by atoms with Crippen molar-refractivity contribution in [1.82, 2.24) is 5.32 Å².